The van der Waals surface area contributed by atoms with Gasteiger partial charge in [0.15, 0.2) is 0 Å². The number of benzene rings is 1. The lowest BCUT2D eigenvalue weighted by Crippen LogP contribution is -2.21. The average Bonchev–Trinajstić information content (AvgIpc) is 2.59. The Morgan fingerprint density at radius 1 is 1.40 bits per heavy atom. The van der Waals surface area contributed by atoms with Gasteiger partial charge in [-0.1, -0.05) is 16.0 Å². The highest BCUT2D eigenvalue weighted by atomic mass is 32.3. The summed E-state index contributed by atoms with van der Waals surface area (Å²) < 4.78 is 40.0. The van der Waals surface area contributed by atoms with Crippen molar-refractivity contribution in [2.45, 2.75) is 13.1 Å². The number of methoxy groups -OCH3 is 1. The van der Waals surface area contributed by atoms with Gasteiger partial charge in [-0.3, -0.25) is 0 Å². The summed E-state index contributed by atoms with van der Waals surface area (Å²) in [5, 5.41) is 0. The minimum absolute atomic E-state index is 0.0399. The Kier molecular flexibility index (Phi) is 2.40. The first kappa shape index (κ1) is 10.4. The first-order valence-corrected chi connectivity index (χ1v) is 5.71. The fourth-order valence-electron chi connectivity index (χ4n) is 1.71. The van der Waals surface area contributed by atoms with Crippen LogP contribution in [-0.2, 0) is 23.5 Å². The second-order valence-corrected chi connectivity index (χ2v) is 4.65. The van der Waals surface area contributed by atoms with E-state index in [4.69, 9.17) is 4.74 Å². The SMILES string of the molecule is COc1cccc2c1CN(S(=O)(=O)F)C2. The summed E-state index contributed by atoms with van der Waals surface area (Å²) in [5.74, 6) is 0.596. The zero-order valence-corrected chi connectivity index (χ0v) is 8.92. The number of fused-ring (bicyclic) bond motifs is 1. The zero-order chi connectivity index (χ0) is 11.1. The van der Waals surface area contributed by atoms with E-state index in [1.807, 2.05) is 0 Å². The molecule has 0 N–H and O–H groups in total. The van der Waals surface area contributed by atoms with Crippen molar-refractivity contribution in [1.82, 2.24) is 4.31 Å². The standard InChI is InChI=1S/C9H10FNO3S/c1-14-9-4-2-3-7-5-11(6-8(7)9)15(10,12)13/h2-4H,5-6H2,1H3. The molecule has 4 nitrogen and oxygen atoms in total. The summed E-state index contributed by atoms with van der Waals surface area (Å²) in [7, 11) is -3.12. The first-order chi connectivity index (χ1) is 7.02. The van der Waals surface area contributed by atoms with Crippen LogP contribution in [0.15, 0.2) is 18.2 Å². The highest BCUT2D eigenvalue weighted by Crippen LogP contribution is 2.32. The molecule has 0 bridgehead atoms. The number of nitrogens with zero attached hydrogens (tertiary/aromatic N) is 1. The molecule has 0 radical (unpaired) electrons. The van der Waals surface area contributed by atoms with E-state index in [0.717, 1.165) is 15.4 Å². The topological polar surface area (TPSA) is 46.6 Å². The van der Waals surface area contributed by atoms with Crippen LogP contribution < -0.4 is 4.74 Å². The van der Waals surface area contributed by atoms with Crippen LogP contribution in [0.4, 0.5) is 3.89 Å². The van der Waals surface area contributed by atoms with E-state index < -0.39 is 10.4 Å². The third-order valence-electron chi connectivity index (χ3n) is 2.44. The van der Waals surface area contributed by atoms with E-state index >= 15 is 0 Å². The largest absolute Gasteiger partial charge is 0.496 e. The van der Waals surface area contributed by atoms with Gasteiger partial charge in [0.1, 0.15) is 5.75 Å². The fourth-order valence-corrected chi connectivity index (χ4v) is 2.28. The molecule has 15 heavy (non-hydrogen) atoms. The van der Waals surface area contributed by atoms with E-state index in [0.29, 0.717) is 5.75 Å². The second-order valence-electron chi connectivity index (χ2n) is 3.31. The number of ether oxygens (including phenoxy) is 1. The van der Waals surface area contributed by atoms with Gasteiger partial charge in [-0.05, 0) is 11.6 Å². The van der Waals surface area contributed by atoms with Gasteiger partial charge in [0, 0.05) is 18.7 Å². The van der Waals surface area contributed by atoms with Crippen molar-refractivity contribution < 1.29 is 17.0 Å². The van der Waals surface area contributed by atoms with Gasteiger partial charge in [0.2, 0.25) is 0 Å². The molecule has 0 unspecified atom stereocenters. The van der Waals surface area contributed by atoms with Crippen molar-refractivity contribution in [3.05, 3.63) is 29.3 Å². The Morgan fingerprint density at radius 2 is 2.13 bits per heavy atom. The minimum Gasteiger partial charge on any atom is -0.496 e. The summed E-state index contributed by atoms with van der Waals surface area (Å²) in [6, 6.07) is 5.25. The van der Waals surface area contributed by atoms with Gasteiger partial charge in [0.05, 0.1) is 7.11 Å². The molecule has 1 aliphatic heterocycles. The first-order valence-electron chi connectivity index (χ1n) is 4.37. The van der Waals surface area contributed by atoms with Crippen molar-refractivity contribution in [1.29, 1.82) is 0 Å². The quantitative estimate of drug-likeness (QED) is 0.719. The van der Waals surface area contributed by atoms with Crippen LogP contribution in [0.3, 0.4) is 0 Å². The fraction of sp³-hybridized carbons (Fsp3) is 0.333. The molecule has 0 fully saturated rings. The molecule has 1 aromatic rings. The van der Waals surface area contributed by atoms with E-state index in [-0.39, 0.29) is 13.1 Å². The van der Waals surface area contributed by atoms with Crippen molar-refractivity contribution in [3.8, 4) is 5.75 Å². The lowest BCUT2D eigenvalue weighted by molar-refractivity contribution is 0.386. The molecule has 0 amide bonds. The third-order valence-corrected chi connectivity index (χ3v) is 3.31. The van der Waals surface area contributed by atoms with Gasteiger partial charge in [-0.2, -0.15) is 12.7 Å². The minimum atomic E-state index is -4.62. The van der Waals surface area contributed by atoms with Crippen LogP contribution in [0.1, 0.15) is 11.1 Å². The van der Waals surface area contributed by atoms with Gasteiger partial charge in [-0.15, -0.1) is 0 Å². The molecule has 0 aromatic heterocycles. The molecule has 1 aromatic carbocycles. The number of hydrogen-bond acceptors (Lipinski definition) is 3. The normalized spacial score (nSPS) is 16.4. The van der Waals surface area contributed by atoms with Crippen LogP contribution in [0.5, 0.6) is 5.75 Å². The average molecular weight is 231 g/mol. The predicted molar refractivity (Wildman–Crippen MR) is 52.3 cm³/mol. The Balaban J connectivity index is 2.39. The van der Waals surface area contributed by atoms with E-state index in [1.54, 1.807) is 18.2 Å². The molecule has 0 spiro atoms. The van der Waals surface area contributed by atoms with Crippen LogP contribution in [0.2, 0.25) is 0 Å². The highest BCUT2D eigenvalue weighted by Gasteiger charge is 2.30. The van der Waals surface area contributed by atoms with Crippen molar-refractivity contribution >= 4 is 10.4 Å². The Morgan fingerprint density at radius 3 is 2.73 bits per heavy atom. The molecule has 0 saturated carbocycles. The van der Waals surface area contributed by atoms with Gasteiger partial charge < -0.3 is 4.74 Å². The van der Waals surface area contributed by atoms with Crippen LogP contribution in [-0.4, -0.2) is 19.8 Å². The molecule has 2 rings (SSSR count). The van der Waals surface area contributed by atoms with Gasteiger partial charge >= 0.3 is 10.4 Å². The Labute approximate surface area is 87.6 Å². The van der Waals surface area contributed by atoms with E-state index in [1.165, 1.54) is 7.11 Å². The van der Waals surface area contributed by atoms with E-state index in [2.05, 4.69) is 0 Å². The highest BCUT2D eigenvalue weighted by molar-refractivity contribution is 7.83. The maximum absolute atomic E-state index is 12.8. The Bertz CT molecular complexity index is 486. The smallest absolute Gasteiger partial charge is 0.375 e. The maximum atomic E-state index is 12.8. The lowest BCUT2D eigenvalue weighted by atomic mass is 10.1. The predicted octanol–water partition coefficient (Wildman–Crippen LogP) is 1.23. The summed E-state index contributed by atoms with van der Waals surface area (Å²) >= 11 is 0. The van der Waals surface area contributed by atoms with Gasteiger partial charge in [-0.25, -0.2) is 0 Å². The third kappa shape index (κ3) is 1.82. The van der Waals surface area contributed by atoms with Crippen LogP contribution in [0, 0.1) is 0 Å². The second kappa shape index (κ2) is 3.46. The van der Waals surface area contributed by atoms with Crippen molar-refractivity contribution in [3.63, 3.8) is 0 Å². The number of halogens is 1. The molecule has 0 saturated heterocycles. The molecule has 6 heteroatoms. The monoisotopic (exact) mass is 231 g/mol. The van der Waals surface area contributed by atoms with Crippen molar-refractivity contribution in [2.75, 3.05) is 7.11 Å². The van der Waals surface area contributed by atoms with E-state index in [9.17, 15) is 12.3 Å². The molecule has 82 valence electrons. The van der Waals surface area contributed by atoms with Crippen LogP contribution in [0.25, 0.3) is 0 Å². The van der Waals surface area contributed by atoms with Crippen molar-refractivity contribution in [2.24, 2.45) is 0 Å². The zero-order valence-electron chi connectivity index (χ0n) is 8.10. The summed E-state index contributed by atoms with van der Waals surface area (Å²) in [5.41, 5.74) is 1.52. The summed E-state index contributed by atoms with van der Waals surface area (Å²) in [6.45, 7) is 0.115. The molecule has 1 heterocycles. The number of hydrogen-bond donors (Lipinski definition) is 0. The van der Waals surface area contributed by atoms with Gasteiger partial charge in [0.25, 0.3) is 0 Å². The van der Waals surface area contributed by atoms with Crippen LogP contribution >= 0.6 is 0 Å². The number of rotatable bonds is 2. The molecule has 0 atom stereocenters. The maximum Gasteiger partial charge on any atom is 0.375 e. The Hall–Kier alpha value is -1.14. The lowest BCUT2D eigenvalue weighted by Gasteiger charge is -2.07. The molecular weight excluding hydrogens is 221 g/mol. The summed E-state index contributed by atoms with van der Waals surface area (Å²) in [4.78, 5) is 0. The molecular formula is C9H10FNO3S. The molecule has 1 aliphatic rings. The summed E-state index contributed by atoms with van der Waals surface area (Å²) in [6.07, 6.45) is 0. The molecule has 0 aliphatic carbocycles.